The summed E-state index contributed by atoms with van der Waals surface area (Å²) in [4.78, 5) is 23.4. The van der Waals surface area contributed by atoms with Gasteiger partial charge in [0.1, 0.15) is 10.6 Å². The monoisotopic (exact) mass is 362 g/mol. The lowest BCUT2D eigenvalue weighted by Crippen LogP contribution is -2.23. The third kappa shape index (κ3) is 5.56. The van der Waals surface area contributed by atoms with Gasteiger partial charge in [-0.25, -0.2) is 0 Å². The number of methoxy groups -OCH3 is 1. The van der Waals surface area contributed by atoms with E-state index < -0.39 is 0 Å². The predicted molar refractivity (Wildman–Crippen MR) is 99.5 cm³/mol. The maximum atomic E-state index is 12.1. The lowest BCUT2D eigenvalue weighted by atomic mass is 10.1. The number of benzene rings is 1. The minimum absolute atomic E-state index is 0.184. The third-order valence-electron chi connectivity index (χ3n) is 3.85. The maximum absolute atomic E-state index is 12.1. The average Bonchev–Trinajstić information content (AvgIpc) is 3.03. The van der Waals surface area contributed by atoms with Crippen LogP contribution in [0.15, 0.2) is 28.7 Å². The molecule has 6 nitrogen and oxygen atoms in total. The van der Waals surface area contributed by atoms with E-state index in [9.17, 15) is 9.59 Å². The highest BCUT2D eigenvalue weighted by molar-refractivity contribution is 7.80. The van der Waals surface area contributed by atoms with Crippen molar-refractivity contribution >= 4 is 40.1 Å². The van der Waals surface area contributed by atoms with Crippen LogP contribution in [0, 0.1) is 0 Å². The minimum Gasteiger partial charge on any atom is -0.469 e. The van der Waals surface area contributed by atoms with Gasteiger partial charge in [0, 0.05) is 23.9 Å². The standard InChI is InChI=1S/C18H22N2O4S/c1-23-16(21)6-4-2-3-5-9-20-18(22)15-11-13-10-12(17(19)25)7-8-14(13)24-15/h7-8,10-11H,2-6,9H2,1H3,(H2,19,25)(H,20,22). The molecule has 1 amide bonds. The second kappa shape index (κ2) is 9.17. The molecule has 0 saturated heterocycles. The lowest BCUT2D eigenvalue weighted by Gasteiger charge is -2.03. The molecule has 134 valence electrons. The molecule has 0 bridgehead atoms. The van der Waals surface area contributed by atoms with Gasteiger partial charge < -0.3 is 20.2 Å². The molecule has 0 unspecified atom stereocenters. The van der Waals surface area contributed by atoms with Crippen molar-refractivity contribution in [1.29, 1.82) is 0 Å². The number of furan rings is 1. The van der Waals surface area contributed by atoms with Crippen LogP contribution >= 0.6 is 12.2 Å². The van der Waals surface area contributed by atoms with Crippen LogP contribution in [-0.4, -0.2) is 30.5 Å². The van der Waals surface area contributed by atoms with Crippen molar-refractivity contribution in [2.75, 3.05) is 13.7 Å². The van der Waals surface area contributed by atoms with Crippen LogP contribution in [0.5, 0.6) is 0 Å². The number of carbonyl (C=O) groups excluding carboxylic acids is 2. The summed E-state index contributed by atoms with van der Waals surface area (Å²) in [5, 5.41) is 3.62. The summed E-state index contributed by atoms with van der Waals surface area (Å²) >= 11 is 4.95. The maximum Gasteiger partial charge on any atom is 0.305 e. The molecule has 25 heavy (non-hydrogen) atoms. The van der Waals surface area contributed by atoms with Crippen molar-refractivity contribution in [2.45, 2.75) is 32.1 Å². The largest absolute Gasteiger partial charge is 0.469 e. The number of nitrogens with one attached hydrogen (secondary N) is 1. The Morgan fingerprint density at radius 1 is 1.20 bits per heavy atom. The number of hydrogen-bond acceptors (Lipinski definition) is 5. The normalized spacial score (nSPS) is 10.6. The molecule has 0 fully saturated rings. The summed E-state index contributed by atoms with van der Waals surface area (Å²) in [5.74, 6) is -0.167. The molecular weight excluding hydrogens is 340 g/mol. The van der Waals surface area contributed by atoms with Crippen LogP contribution in [-0.2, 0) is 9.53 Å². The number of hydrogen-bond donors (Lipinski definition) is 2. The van der Waals surface area contributed by atoms with Crippen molar-refractivity contribution in [1.82, 2.24) is 5.32 Å². The molecule has 7 heteroatoms. The molecule has 0 aliphatic carbocycles. The van der Waals surface area contributed by atoms with Crippen molar-refractivity contribution in [3.05, 3.63) is 35.6 Å². The average molecular weight is 362 g/mol. The molecule has 2 aromatic rings. The Kier molecular flexibility index (Phi) is 6.94. The Morgan fingerprint density at radius 3 is 2.68 bits per heavy atom. The molecule has 0 aliphatic heterocycles. The van der Waals surface area contributed by atoms with Gasteiger partial charge in [-0.15, -0.1) is 0 Å². The quantitative estimate of drug-likeness (QED) is 0.405. The second-order valence-corrected chi connectivity index (χ2v) is 6.16. The summed E-state index contributed by atoms with van der Waals surface area (Å²) in [7, 11) is 1.39. The first-order valence-electron chi connectivity index (χ1n) is 8.19. The first-order chi connectivity index (χ1) is 12.0. The fourth-order valence-electron chi connectivity index (χ4n) is 2.45. The van der Waals surface area contributed by atoms with E-state index in [2.05, 4.69) is 10.1 Å². The van der Waals surface area contributed by atoms with E-state index in [1.807, 2.05) is 0 Å². The number of unbranched alkanes of at least 4 members (excludes halogenated alkanes) is 3. The minimum atomic E-state index is -0.248. The van der Waals surface area contributed by atoms with Crippen LogP contribution in [0.4, 0.5) is 0 Å². The van der Waals surface area contributed by atoms with Gasteiger partial charge in [0.05, 0.1) is 7.11 Å². The molecule has 1 aromatic heterocycles. The van der Waals surface area contributed by atoms with Crippen LogP contribution in [0.2, 0.25) is 0 Å². The zero-order valence-electron chi connectivity index (χ0n) is 14.2. The molecule has 0 aliphatic rings. The summed E-state index contributed by atoms with van der Waals surface area (Å²) in [6, 6.07) is 7.01. The fraction of sp³-hybridized carbons (Fsp3) is 0.389. The first-order valence-corrected chi connectivity index (χ1v) is 8.60. The number of ether oxygens (including phenoxy) is 1. The highest BCUT2D eigenvalue weighted by Crippen LogP contribution is 2.21. The molecule has 0 atom stereocenters. The van der Waals surface area contributed by atoms with Gasteiger partial charge in [0.15, 0.2) is 5.76 Å². The van der Waals surface area contributed by atoms with E-state index in [0.29, 0.717) is 23.5 Å². The number of nitrogens with two attached hydrogens (primary N) is 1. The molecular formula is C18H22N2O4S. The number of carbonyl (C=O) groups is 2. The Labute approximate surface area is 151 Å². The van der Waals surface area contributed by atoms with Crippen LogP contribution in [0.3, 0.4) is 0 Å². The van der Waals surface area contributed by atoms with Gasteiger partial charge in [0.25, 0.3) is 5.91 Å². The summed E-state index contributed by atoms with van der Waals surface area (Å²) < 4.78 is 10.1. The molecule has 0 radical (unpaired) electrons. The van der Waals surface area contributed by atoms with Gasteiger partial charge in [0.2, 0.25) is 0 Å². The summed E-state index contributed by atoms with van der Waals surface area (Å²) in [6.45, 7) is 0.562. The van der Waals surface area contributed by atoms with Gasteiger partial charge in [-0.3, -0.25) is 9.59 Å². The highest BCUT2D eigenvalue weighted by Gasteiger charge is 2.12. The molecule has 0 spiro atoms. The van der Waals surface area contributed by atoms with Crippen molar-refractivity contribution in [2.24, 2.45) is 5.73 Å². The number of esters is 1. The summed E-state index contributed by atoms with van der Waals surface area (Å²) in [5.41, 5.74) is 6.96. The van der Waals surface area contributed by atoms with Gasteiger partial charge in [-0.1, -0.05) is 25.1 Å². The van der Waals surface area contributed by atoms with Crippen LogP contribution in [0.25, 0.3) is 11.0 Å². The first kappa shape index (κ1) is 18.9. The second-order valence-electron chi connectivity index (χ2n) is 5.72. The smallest absolute Gasteiger partial charge is 0.305 e. The number of rotatable bonds is 9. The zero-order valence-corrected chi connectivity index (χ0v) is 15.0. The van der Waals surface area contributed by atoms with Gasteiger partial charge >= 0.3 is 5.97 Å². The van der Waals surface area contributed by atoms with E-state index in [1.165, 1.54) is 7.11 Å². The topological polar surface area (TPSA) is 94.6 Å². The summed E-state index contributed by atoms with van der Waals surface area (Å²) in [6.07, 6.45) is 3.95. The van der Waals surface area contributed by atoms with Gasteiger partial charge in [-0.2, -0.15) is 0 Å². The Balaban J connectivity index is 1.76. The fourth-order valence-corrected chi connectivity index (χ4v) is 2.57. The number of amides is 1. The highest BCUT2D eigenvalue weighted by atomic mass is 32.1. The van der Waals surface area contributed by atoms with Crippen LogP contribution in [0.1, 0.15) is 48.2 Å². The van der Waals surface area contributed by atoms with E-state index in [-0.39, 0.29) is 17.6 Å². The Bertz CT molecular complexity index is 770. The number of thiocarbonyl (C=S) groups is 1. The van der Waals surface area contributed by atoms with Crippen molar-refractivity contribution in [3.63, 3.8) is 0 Å². The molecule has 1 heterocycles. The van der Waals surface area contributed by atoms with E-state index in [1.54, 1.807) is 24.3 Å². The van der Waals surface area contributed by atoms with Crippen molar-refractivity contribution in [3.8, 4) is 0 Å². The van der Waals surface area contributed by atoms with E-state index in [4.69, 9.17) is 22.4 Å². The molecule has 0 saturated carbocycles. The zero-order chi connectivity index (χ0) is 18.2. The Morgan fingerprint density at radius 2 is 1.96 bits per heavy atom. The number of fused-ring (bicyclic) bond motifs is 1. The lowest BCUT2D eigenvalue weighted by molar-refractivity contribution is -0.140. The van der Waals surface area contributed by atoms with Crippen LogP contribution < -0.4 is 11.1 Å². The van der Waals surface area contributed by atoms with E-state index >= 15 is 0 Å². The van der Waals surface area contributed by atoms with Gasteiger partial charge in [-0.05, 0) is 37.1 Å². The SMILES string of the molecule is COC(=O)CCCCCCNC(=O)c1cc2cc(C(N)=S)ccc2o1. The van der Waals surface area contributed by atoms with E-state index in [0.717, 1.165) is 36.6 Å². The Hall–Kier alpha value is -2.41. The third-order valence-corrected chi connectivity index (χ3v) is 4.08. The molecule has 1 aromatic carbocycles. The van der Waals surface area contributed by atoms with Crippen molar-refractivity contribution < 1.29 is 18.7 Å². The molecule has 3 N–H and O–H groups in total. The predicted octanol–water partition coefficient (Wildman–Crippen LogP) is 2.92. The molecule has 2 rings (SSSR count).